The summed E-state index contributed by atoms with van der Waals surface area (Å²) in [6, 6.07) is 9.11. The molecule has 0 atom stereocenters. The van der Waals surface area contributed by atoms with Crippen LogP contribution >= 0.6 is 0 Å². The van der Waals surface area contributed by atoms with E-state index < -0.39 is 0 Å². The molecule has 0 spiro atoms. The van der Waals surface area contributed by atoms with Gasteiger partial charge in [-0.3, -0.25) is 0 Å². The third kappa shape index (κ3) is 1.75. The van der Waals surface area contributed by atoms with Gasteiger partial charge in [0.25, 0.3) is 5.89 Å². The monoisotopic (exact) mass is 241 g/mol. The summed E-state index contributed by atoms with van der Waals surface area (Å²) in [4.78, 5) is 4.33. The van der Waals surface area contributed by atoms with Gasteiger partial charge < -0.3 is 14.7 Å². The molecule has 2 heterocycles. The molecule has 0 saturated heterocycles. The van der Waals surface area contributed by atoms with Crippen LogP contribution in [0.5, 0.6) is 0 Å². The lowest BCUT2D eigenvalue weighted by Crippen LogP contribution is -1.85. The molecule has 5 heteroatoms. The Morgan fingerprint density at radius 1 is 1.11 bits per heavy atom. The standard InChI is InChI=1S/C13H11N3O2/c1-8-11(6-7-17-8)13-15-12(16-18-13)9-2-4-10(14)5-3-9/h2-7H,14H2,1H3. The van der Waals surface area contributed by atoms with E-state index in [0.29, 0.717) is 17.4 Å². The highest BCUT2D eigenvalue weighted by Crippen LogP contribution is 2.25. The largest absolute Gasteiger partial charge is 0.469 e. The van der Waals surface area contributed by atoms with Crippen LogP contribution in [-0.4, -0.2) is 10.1 Å². The Labute approximate surface area is 103 Å². The number of aromatic nitrogens is 2. The van der Waals surface area contributed by atoms with Gasteiger partial charge in [0.2, 0.25) is 5.82 Å². The van der Waals surface area contributed by atoms with E-state index in [9.17, 15) is 0 Å². The Morgan fingerprint density at radius 2 is 1.89 bits per heavy atom. The summed E-state index contributed by atoms with van der Waals surface area (Å²) in [5, 5.41) is 3.94. The molecule has 0 radical (unpaired) electrons. The van der Waals surface area contributed by atoms with Crippen LogP contribution in [0, 0.1) is 6.92 Å². The average molecular weight is 241 g/mol. The van der Waals surface area contributed by atoms with E-state index >= 15 is 0 Å². The fraction of sp³-hybridized carbons (Fsp3) is 0.0769. The third-order valence-electron chi connectivity index (χ3n) is 2.68. The molecule has 90 valence electrons. The lowest BCUT2D eigenvalue weighted by atomic mass is 10.2. The van der Waals surface area contributed by atoms with Gasteiger partial charge in [-0.05, 0) is 37.3 Å². The zero-order valence-corrected chi connectivity index (χ0v) is 9.75. The number of nitrogen functional groups attached to an aromatic ring is 1. The van der Waals surface area contributed by atoms with Crippen molar-refractivity contribution in [1.82, 2.24) is 10.1 Å². The molecular formula is C13H11N3O2. The van der Waals surface area contributed by atoms with Crippen molar-refractivity contribution < 1.29 is 8.94 Å². The maximum atomic E-state index is 5.63. The SMILES string of the molecule is Cc1occc1-c1nc(-c2ccc(N)cc2)no1. The van der Waals surface area contributed by atoms with Gasteiger partial charge in [-0.15, -0.1) is 0 Å². The zero-order chi connectivity index (χ0) is 12.5. The van der Waals surface area contributed by atoms with E-state index in [0.717, 1.165) is 16.9 Å². The Balaban J connectivity index is 1.99. The Morgan fingerprint density at radius 3 is 2.56 bits per heavy atom. The molecule has 18 heavy (non-hydrogen) atoms. The quantitative estimate of drug-likeness (QED) is 0.698. The van der Waals surface area contributed by atoms with E-state index in [1.54, 1.807) is 24.5 Å². The molecule has 0 unspecified atom stereocenters. The third-order valence-corrected chi connectivity index (χ3v) is 2.68. The maximum absolute atomic E-state index is 5.63. The van der Waals surface area contributed by atoms with Gasteiger partial charge in [-0.1, -0.05) is 5.16 Å². The minimum atomic E-state index is 0.452. The molecule has 3 aromatic rings. The number of nitrogens with two attached hydrogens (primary N) is 1. The first kappa shape index (κ1) is 10.6. The van der Waals surface area contributed by atoms with Crippen LogP contribution < -0.4 is 5.73 Å². The number of nitrogens with zero attached hydrogens (tertiary/aromatic N) is 2. The number of furan rings is 1. The second-order valence-electron chi connectivity index (χ2n) is 3.94. The first-order valence-corrected chi connectivity index (χ1v) is 5.48. The fourth-order valence-corrected chi connectivity index (χ4v) is 1.69. The molecule has 2 aromatic heterocycles. The van der Waals surface area contributed by atoms with Crippen molar-refractivity contribution in [2.75, 3.05) is 5.73 Å². The van der Waals surface area contributed by atoms with Gasteiger partial charge in [0.15, 0.2) is 0 Å². The summed E-state index contributed by atoms with van der Waals surface area (Å²) in [7, 11) is 0. The molecule has 0 aliphatic heterocycles. The van der Waals surface area contributed by atoms with Crippen LogP contribution in [-0.2, 0) is 0 Å². The second-order valence-corrected chi connectivity index (χ2v) is 3.94. The fourth-order valence-electron chi connectivity index (χ4n) is 1.69. The number of hydrogen-bond donors (Lipinski definition) is 1. The van der Waals surface area contributed by atoms with Gasteiger partial charge in [0.05, 0.1) is 11.8 Å². The van der Waals surface area contributed by atoms with Gasteiger partial charge in [-0.2, -0.15) is 4.98 Å². The summed E-state index contributed by atoms with van der Waals surface area (Å²) in [5.41, 5.74) is 8.00. The minimum absolute atomic E-state index is 0.452. The normalized spacial score (nSPS) is 10.7. The highest BCUT2D eigenvalue weighted by Gasteiger charge is 2.13. The smallest absolute Gasteiger partial charge is 0.261 e. The molecule has 2 N–H and O–H groups in total. The van der Waals surface area contributed by atoms with Crippen molar-refractivity contribution in [3.63, 3.8) is 0 Å². The lowest BCUT2D eigenvalue weighted by molar-refractivity contribution is 0.430. The zero-order valence-electron chi connectivity index (χ0n) is 9.75. The second kappa shape index (κ2) is 4.03. The summed E-state index contributed by atoms with van der Waals surface area (Å²) < 4.78 is 10.4. The predicted molar refractivity (Wildman–Crippen MR) is 66.6 cm³/mol. The van der Waals surface area contributed by atoms with Crippen molar-refractivity contribution in [2.45, 2.75) is 6.92 Å². The molecule has 0 aliphatic carbocycles. The molecule has 1 aromatic carbocycles. The topological polar surface area (TPSA) is 78.1 Å². The Hall–Kier alpha value is -2.56. The van der Waals surface area contributed by atoms with Gasteiger partial charge in [0.1, 0.15) is 5.76 Å². The van der Waals surface area contributed by atoms with Crippen LogP contribution in [0.3, 0.4) is 0 Å². The summed E-state index contributed by atoms with van der Waals surface area (Å²) in [5.74, 6) is 1.74. The number of aryl methyl sites for hydroxylation is 1. The first-order valence-electron chi connectivity index (χ1n) is 5.48. The van der Waals surface area contributed by atoms with E-state index in [2.05, 4.69) is 10.1 Å². The summed E-state index contributed by atoms with van der Waals surface area (Å²) in [6.45, 7) is 1.85. The van der Waals surface area contributed by atoms with E-state index in [4.69, 9.17) is 14.7 Å². The van der Waals surface area contributed by atoms with Crippen LogP contribution in [0.2, 0.25) is 0 Å². The molecule has 0 fully saturated rings. The minimum Gasteiger partial charge on any atom is -0.469 e. The number of anilines is 1. The van der Waals surface area contributed by atoms with Gasteiger partial charge in [0, 0.05) is 11.3 Å². The average Bonchev–Trinajstić information content (AvgIpc) is 2.98. The molecular weight excluding hydrogens is 230 g/mol. The number of benzene rings is 1. The first-order chi connectivity index (χ1) is 8.74. The van der Waals surface area contributed by atoms with Crippen LogP contribution in [0.15, 0.2) is 45.5 Å². The van der Waals surface area contributed by atoms with Crippen molar-refractivity contribution in [3.8, 4) is 22.8 Å². The van der Waals surface area contributed by atoms with Crippen LogP contribution in [0.4, 0.5) is 5.69 Å². The predicted octanol–water partition coefficient (Wildman–Crippen LogP) is 2.89. The van der Waals surface area contributed by atoms with Crippen molar-refractivity contribution >= 4 is 5.69 Å². The van der Waals surface area contributed by atoms with Crippen molar-refractivity contribution in [2.24, 2.45) is 0 Å². The molecule has 0 bridgehead atoms. The van der Waals surface area contributed by atoms with Gasteiger partial charge in [-0.25, -0.2) is 0 Å². The Kier molecular flexibility index (Phi) is 2.37. The number of hydrogen-bond acceptors (Lipinski definition) is 5. The van der Waals surface area contributed by atoms with Gasteiger partial charge >= 0.3 is 0 Å². The summed E-state index contributed by atoms with van der Waals surface area (Å²) in [6.07, 6.45) is 1.59. The van der Waals surface area contributed by atoms with E-state index in [-0.39, 0.29) is 0 Å². The van der Waals surface area contributed by atoms with Crippen LogP contribution in [0.1, 0.15) is 5.76 Å². The number of rotatable bonds is 2. The molecule has 0 amide bonds. The van der Waals surface area contributed by atoms with E-state index in [1.807, 2.05) is 19.1 Å². The molecule has 0 aliphatic rings. The summed E-state index contributed by atoms with van der Waals surface area (Å²) >= 11 is 0. The highest BCUT2D eigenvalue weighted by atomic mass is 16.5. The molecule has 5 nitrogen and oxygen atoms in total. The lowest BCUT2D eigenvalue weighted by Gasteiger charge is -1.94. The molecule has 0 saturated carbocycles. The Bertz CT molecular complexity index is 668. The van der Waals surface area contributed by atoms with E-state index in [1.165, 1.54) is 0 Å². The van der Waals surface area contributed by atoms with Crippen LogP contribution in [0.25, 0.3) is 22.8 Å². The maximum Gasteiger partial charge on any atom is 0.261 e. The van der Waals surface area contributed by atoms with Crippen molar-refractivity contribution in [1.29, 1.82) is 0 Å². The van der Waals surface area contributed by atoms with Crippen molar-refractivity contribution in [3.05, 3.63) is 42.4 Å². The molecule has 3 rings (SSSR count). The highest BCUT2D eigenvalue weighted by molar-refractivity contribution is 5.62.